The van der Waals surface area contributed by atoms with Gasteiger partial charge < -0.3 is 10.1 Å². The Labute approximate surface area is 200 Å². The van der Waals surface area contributed by atoms with E-state index in [4.69, 9.17) is 27.9 Å². The molecule has 2 aliphatic rings. The number of hydrogen-bond acceptors (Lipinski definition) is 7. The molecular weight excluding hydrogens is 496 g/mol. The highest BCUT2D eigenvalue weighted by Crippen LogP contribution is 2.29. The molecule has 13 heteroatoms. The zero-order valence-electron chi connectivity index (χ0n) is 17.7. The summed E-state index contributed by atoms with van der Waals surface area (Å²) in [7, 11) is -3.99. The molecule has 0 radical (unpaired) electrons. The van der Waals surface area contributed by atoms with E-state index in [0.29, 0.717) is 29.8 Å². The summed E-state index contributed by atoms with van der Waals surface area (Å²) < 4.78 is 48.1. The largest absolute Gasteiger partial charge is 0.382 e. The average Bonchev–Trinajstić information content (AvgIpc) is 2.81. The fraction of sp³-hybridized carbons (Fsp3) is 0.550. The highest BCUT2D eigenvalue weighted by Gasteiger charge is 2.38. The van der Waals surface area contributed by atoms with E-state index in [-0.39, 0.29) is 23.0 Å². The number of alkyl halides is 1. The van der Waals surface area contributed by atoms with Crippen LogP contribution in [0, 0.1) is 5.92 Å². The zero-order valence-corrected chi connectivity index (χ0v) is 20.0. The van der Waals surface area contributed by atoms with Crippen LogP contribution < -0.4 is 10.9 Å². The lowest BCUT2D eigenvalue weighted by molar-refractivity contribution is 0.0595. The summed E-state index contributed by atoms with van der Waals surface area (Å²) in [5.41, 5.74) is -0.238. The molecule has 2 saturated heterocycles. The van der Waals surface area contributed by atoms with Crippen molar-refractivity contribution in [3.63, 3.8) is 0 Å². The Kier molecular flexibility index (Phi) is 7.54. The summed E-state index contributed by atoms with van der Waals surface area (Å²) in [4.78, 5) is 16.6. The van der Waals surface area contributed by atoms with E-state index in [1.54, 1.807) is 0 Å². The molecule has 2 aliphatic heterocycles. The van der Waals surface area contributed by atoms with Gasteiger partial charge in [0.25, 0.3) is 15.6 Å². The first kappa shape index (κ1) is 24.3. The molecule has 1 N–H and O–H groups in total. The van der Waals surface area contributed by atoms with Crippen LogP contribution in [-0.4, -0.2) is 66.5 Å². The lowest BCUT2D eigenvalue weighted by Gasteiger charge is -2.34. The van der Waals surface area contributed by atoms with Crippen LogP contribution in [0.3, 0.4) is 0 Å². The van der Waals surface area contributed by atoms with Crippen LogP contribution in [0.2, 0.25) is 10.0 Å². The molecule has 0 bridgehead atoms. The van der Waals surface area contributed by atoms with E-state index in [0.717, 1.165) is 28.4 Å². The number of halogens is 3. The van der Waals surface area contributed by atoms with E-state index in [9.17, 15) is 13.2 Å². The molecule has 0 spiro atoms. The van der Waals surface area contributed by atoms with Crippen molar-refractivity contribution in [2.75, 3.05) is 38.2 Å². The van der Waals surface area contributed by atoms with Crippen molar-refractivity contribution in [2.24, 2.45) is 5.92 Å². The molecule has 4 heterocycles. The molecule has 4 rings (SSSR count). The highest BCUT2D eigenvalue weighted by atomic mass is 35.5. The Morgan fingerprint density at radius 2 is 2.06 bits per heavy atom. The second-order valence-corrected chi connectivity index (χ2v) is 10.8. The Balaban J connectivity index is 1.45. The Morgan fingerprint density at radius 1 is 1.24 bits per heavy atom. The monoisotopic (exact) mass is 519 g/mol. The number of piperidine rings is 1. The topological polar surface area (TPSA) is 106 Å². The lowest BCUT2D eigenvalue weighted by atomic mass is 10.0. The van der Waals surface area contributed by atoms with Crippen LogP contribution in [-0.2, 0) is 14.8 Å². The van der Waals surface area contributed by atoms with Crippen molar-refractivity contribution in [3.8, 4) is 0 Å². The number of pyridine rings is 1. The number of sulfonamides is 1. The molecular formula is C20H24Cl2FN5O4S. The second-order valence-electron chi connectivity index (χ2n) is 8.14. The fourth-order valence-corrected chi connectivity index (χ4v) is 5.72. The van der Waals surface area contributed by atoms with Crippen molar-refractivity contribution < 1.29 is 17.5 Å². The number of aromatic nitrogens is 3. The first-order valence-electron chi connectivity index (χ1n) is 10.6. The van der Waals surface area contributed by atoms with Gasteiger partial charge in [0.05, 0.1) is 29.6 Å². The van der Waals surface area contributed by atoms with Crippen LogP contribution in [0.15, 0.2) is 34.3 Å². The molecule has 0 amide bonds. The summed E-state index contributed by atoms with van der Waals surface area (Å²) in [5, 5.41) is 7.26. The summed E-state index contributed by atoms with van der Waals surface area (Å²) in [5.74, 6) is 0.314. The van der Waals surface area contributed by atoms with E-state index in [2.05, 4.69) is 15.4 Å². The van der Waals surface area contributed by atoms with Crippen molar-refractivity contribution in [1.82, 2.24) is 19.1 Å². The predicted molar refractivity (Wildman–Crippen MR) is 122 cm³/mol. The Hall–Kier alpha value is -1.79. The number of ether oxygens (including phenoxy) is 1. The number of rotatable bonds is 6. The van der Waals surface area contributed by atoms with Crippen LogP contribution in [0.1, 0.15) is 25.3 Å². The zero-order chi connectivity index (χ0) is 23.6. The average molecular weight is 520 g/mol. The van der Waals surface area contributed by atoms with Gasteiger partial charge in [-0.15, -0.1) is 0 Å². The van der Waals surface area contributed by atoms with Gasteiger partial charge in [0, 0.05) is 32.4 Å². The smallest absolute Gasteiger partial charge is 0.288 e. The maximum absolute atomic E-state index is 15.1. The van der Waals surface area contributed by atoms with Gasteiger partial charge in [0.1, 0.15) is 11.2 Å². The molecule has 180 valence electrons. The number of nitrogens with one attached hydrogen (secondary N) is 1. The molecule has 0 aromatic carbocycles. The molecule has 2 aromatic heterocycles. The summed E-state index contributed by atoms with van der Waals surface area (Å²) in [6.07, 6.45) is 3.03. The molecule has 9 nitrogen and oxygen atoms in total. The fourth-order valence-electron chi connectivity index (χ4n) is 4.03. The summed E-state index contributed by atoms with van der Waals surface area (Å²) in [6, 6.07) is 1.75. The van der Waals surface area contributed by atoms with E-state index in [1.165, 1.54) is 24.5 Å². The van der Waals surface area contributed by atoms with E-state index in [1.807, 2.05) is 0 Å². The van der Waals surface area contributed by atoms with Gasteiger partial charge in [-0.1, -0.05) is 23.2 Å². The Morgan fingerprint density at radius 3 is 2.73 bits per heavy atom. The van der Waals surface area contributed by atoms with Gasteiger partial charge in [-0.25, -0.2) is 22.5 Å². The number of nitrogens with zero attached hydrogens (tertiary/aromatic N) is 4. The van der Waals surface area contributed by atoms with Gasteiger partial charge in [0.2, 0.25) is 0 Å². The predicted octanol–water partition coefficient (Wildman–Crippen LogP) is 2.76. The molecule has 2 fully saturated rings. The minimum absolute atomic E-state index is 0.00511. The van der Waals surface area contributed by atoms with Crippen LogP contribution in [0.5, 0.6) is 0 Å². The Bertz CT molecular complexity index is 1140. The molecule has 2 aromatic rings. The third-order valence-corrected chi connectivity index (χ3v) is 8.24. The summed E-state index contributed by atoms with van der Waals surface area (Å²) >= 11 is 12.0. The lowest BCUT2D eigenvalue weighted by Crippen LogP contribution is -2.48. The van der Waals surface area contributed by atoms with Crippen molar-refractivity contribution in [1.29, 1.82) is 0 Å². The maximum atomic E-state index is 15.1. The molecule has 3 atom stereocenters. The minimum Gasteiger partial charge on any atom is -0.382 e. The van der Waals surface area contributed by atoms with Crippen molar-refractivity contribution in [2.45, 2.75) is 36.5 Å². The summed E-state index contributed by atoms with van der Waals surface area (Å²) in [6.45, 7) is 1.57. The van der Waals surface area contributed by atoms with Crippen LogP contribution >= 0.6 is 23.2 Å². The maximum Gasteiger partial charge on any atom is 0.288 e. The van der Waals surface area contributed by atoms with Gasteiger partial charge in [-0.2, -0.15) is 9.40 Å². The quantitative estimate of drug-likeness (QED) is 0.625. The molecule has 0 saturated carbocycles. The number of anilines is 1. The highest BCUT2D eigenvalue weighted by molar-refractivity contribution is 7.89. The first-order chi connectivity index (χ1) is 15.8. The van der Waals surface area contributed by atoms with Gasteiger partial charge in [0.15, 0.2) is 5.03 Å². The van der Waals surface area contributed by atoms with E-state index >= 15 is 4.39 Å². The second kappa shape index (κ2) is 10.2. The van der Waals surface area contributed by atoms with E-state index < -0.39 is 34.3 Å². The van der Waals surface area contributed by atoms with Gasteiger partial charge in [-0.3, -0.25) is 4.79 Å². The minimum atomic E-state index is -3.99. The standard InChI is InChI=1S/C20H24Cl2FN5O4S/c21-14-3-4-18(25-9-14)33(30,31)27-6-5-17(15(23)11-27)28-20(29)19(22)16(10-26-28)24-8-13-2-1-7-32-12-13/h3-4,9-10,13,15,17,24H,1-2,5-8,11-12H2/t13-,15+,17-/m0/s1. The van der Waals surface area contributed by atoms with Crippen molar-refractivity contribution in [3.05, 3.63) is 44.9 Å². The third kappa shape index (κ3) is 5.32. The normalized spacial score (nSPS) is 24.5. The SMILES string of the molecule is O=c1c(Cl)c(NC[C@@H]2CCCOC2)cnn1[C@H]1CCN(S(=O)(=O)c2ccc(Cl)cn2)C[C@H]1F. The van der Waals surface area contributed by atoms with Crippen molar-refractivity contribution >= 4 is 38.9 Å². The van der Waals surface area contributed by atoms with Gasteiger partial charge >= 0.3 is 0 Å². The molecule has 0 unspecified atom stereocenters. The molecule has 33 heavy (non-hydrogen) atoms. The van der Waals surface area contributed by atoms with Crippen LogP contribution in [0.25, 0.3) is 0 Å². The number of hydrogen-bond donors (Lipinski definition) is 1. The first-order valence-corrected chi connectivity index (χ1v) is 12.8. The van der Waals surface area contributed by atoms with Crippen LogP contribution in [0.4, 0.5) is 10.1 Å². The molecule has 0 aliphatic carbocycles. The third-order valence-electron chi connectivity index (χ3n) is 5.87. The van der Waals surface area contributed by atoms with Gasteiger partial charge in [-0.05, 0) is 37.3 Å².